The fourth-order valence-corrected chi connectivity index (χ4v) is 5.32. The number of hydrogen-bond acceptors (Lipinski definition) is 6. The molecule has 6 heteroatoms. The highest BCUT2D eigenvalue weighted by Gasteiger charge is 2.24. The molecular formula is C34H26O6. The molecule has 4 N–H and O–H groups in total. The molecule has 0 radical (unpaired) electrons. The first-order valence-electron chi connectivity index (χ1n) is 12.7. The molecule has 0 aliphatic carbocycles. The molecular weight excluding hydrogens is 504 g/mol. The number of phenolic OH excluding ortho intramolecular Hbond substituents is 4. The third kappa shape index (κ3) is 3.98. The van der Waals surface area contributed by atoms with E-state index in [1.165, 1.54) is 26.4 Å². The first kappa shape index (κ1) is 24.9. The second-order valence-electron chi connectivity index (χ2n) is 9.50. The van der Waals surface area contributed by atoms with Crippen LogP contribution < -0.4 is 9.47 Å². The van der Waals surface area contributed by atoms with Crippen molar-refractivity contribution in [2.24, 2.45) is 0 Å². The van der Waals surface area contributed by atoms with Crippen molar-refractivity contribution in [3.05, 3.63) is 97.1 Å². The number of phenols is 4. The quantitative estimate of drug-likeness (QED) is 0.181. The van der Waals surface area contributed by atoms with Crippen molar-refractivity contribution < 1.29 is 29.9 Å². The molecule has 6 aromatic carbocycles. The number of hydrogen-bond donors (Lipinski definition) is 4. The Morgan fingerprint density at radius 1 is 0.450 bits per heavy atom. The van der Waals surface area contributed by atoms with Gasteiger partial charge < -0.3 is 29.9 Å². The third-order valence-electron chi connectivity index (χ3n) is 7.28. The number of fused-ring (bicyclic) bond motifs is 2. The van der Waals surface area contributed by atoms with Gasteiger partial charge in [0, 0.05) is 45.5 Å². The summed E-state index contributed by atoms with van der Waals surface area (Å²) in [7, 11) is 3.03. The summed E-state index contributed by atoms with van der Waals surface area (Å²) in [4.78, 5) is 0. The van der Waals surface area contributed by atoms with Crippen LogP contribution in [0.1, 0.15) is 0 Å². The second-order valence-corrected chi connectivity index (χ2v) is 9.50. The molecule has 0 aliphatic heterocycles. The molecule has 6 nitrogen and oxygen atoms in total. The maximum Gasteiger partial charge on any atom is 0.132 e. The highest BCUT2D eigenvalue weighted by molar-refractivity contribution is 6.14. The lowest BCUT2D eigenvalue weighted by molar-refractivity contribution is 0.407. The lowest BCUT2D eigenvalue weighted by Crippen LogP contribution is -1.93. The zero-order chi connectivity index (χ0) is 28.0. The van der Waals surface area contributed by atoms with E-state index in [1.54, 1.807) is 24.3 Å². The Kier molecular flexibility index (Phi) is 6.08. The smallest absolute Gasteiger partial charge is 0.132 e. The molecule has 0 saturated carbocycles. The zero-order valence-electron chi connectivity index (χ0n) is 21.8. The van der Waals surface area contributed by atoms with Crippen LogP contribution in [0.5, 0.6) is 34.5 Å². The standard InChI is InChI=1S/C34H26O6/c1-39-21-11-13-25(29(35)17-21)27-15-19-7-3-5-9-23(19)31(33(27)37)32-24-10-6-4-8-20(24)16-28(34(32)38)26-14-12-22(40-2)18-30(26)36/h3-18,35-38H,1-2H3. The predicted molar refractivity (Wildman–Crippen MR) is 158 cm³/mol. The molecule has 0 aliphatic rings. The molecule has 0 unspecified atom stereocenters. The molecule has 0 aromatic heterocycles. The summed E-state index contributed by atoms with van der Waals surface area (Å²) >= 11 is 0. The van der Waals surface area contributed by atoms with Crippen molar-refractivity contribution in [3.8, 4) is 67.9 Å². The summed E-state index contributed by atoms with van der Waals surface area (Å²) in [6.45, 7) is 0. The Balaban J connectivity index is 1.73. The molecule has 6 aromatic rings. The van der Waals surface area contributed by atoms with Gasteiger partial charge in [0.2, 0.25) is 0 Å². The van der Waals surface area contributed by atoms with Gasteiger partial charge in [-0.25, -0.2) is 0 Å². The lowest BCUT2D eigenvalue weighted by Gasteiger charge is -2.20. The SMILES string of the molecule is COc1ccc(-c2cc3ccccc3c(-c3c(O)c(-c4ccc(OC)cc4O)cc4ccccc34)c2O)c(O)c1. The predicted octanol–water partition coefficient (Wildman–Crippen LogP) is 7.83. The summed E-state index contributed by atoms with van der Waals surface area (Å²) < 4.78 is 10.5. The molecule has 0 bridgehead atoms. The molecule has 40 heavy (non-hydrogen) atoms. The fraction of sp³-hybridized carbons (Fsp3) is 0.0588. The van der Waals surface area contributed by atoms with Gasteiger partial charge in [-0.1, -0.05) is 48.5 Å². The van der Waals surface area contributed by atoms with Gasteiger partial charge in [0.05, 0.1) is 14.2 Å². The Labute approximate surface area is 230 Å². The minimum absolute atomic E-state index is 0.0538. The second kappa shape index (κ2) is 9.75. The summed E-state index contributed by atoms with van der Waals surface area (Å²) in [5, 5.41) is 48.5. The van der Waals surface area contributed by atoms with Crippen LogP contribution in [-0.4, -0.2) is 34.6 Å². The monoisotopic (exact) mass is 530 g/mol. The zero-order valence-corrected chi connectivity index (χ0v) is 21.8. The summed E-state index contributed by atoms with van der Waals surface area (Å²) in [6.07, 6.45) is 0. The van der Waals surface area contributed by atoms with Gasteiger partial charge in [-0.15, -0.1) is 0 Å². The van der Waals surface area contributed by atoms with E-state index >= 15 is 0 Å². The van der Waals surface area contributed by atoms with Crippen molar-refractivity contribution in [2.45, 2.75) is 0 Å². The maximum absolute atomic E-state index is 11.9. The van der Waals surface area contributed by atoms with E-state index in [2.05, 4.69) is 0 Å². The number of ether oxygens (including phenoxy) is 2. The van der Waals surface area contributed by atoms with E-state index < -0.39 is 0 Å². The van der Waals surface area contributed by atoms with Crippen LogP contribution in [0.25, 0.3) is 54.9 Å². The minimum Gasteiger partial charge on any atom is -0.507 e. The van der Waals surface area contributed by atoms with Crippen molar-refractivity contribution in [3.63, 3.8) is 0 Å². The first-order chi connectivity index (χ1) is 19.4. The molecule has 0 atom stereocenters. The van der Waals surface area contributed by atoms with E-state index in [9.17, 15) is 20.4 Å². The Bertz CT molecular complexity index is 1780. The van der Waals surface area contributed by atoms with Gasteiger partial charge in [0.15, 0.2) is 0 Å². The van der Waals surface area contributed by atoms with Crippen LogP contribution in [0.4, 0.5) is 0 Å². The van der Waals surface area contributed by atoms with Gasteiger partial charge in [0.25, 0.3) is 0 Å². The number of benzene rings is 6. The van der Waals surface area contributed by atoms with Gasteiger partial charge in [-0.2, -0.15) is 0 Å². The maximum atomic E-state index is 11.9. The van der Waals surface area contributed by atoms with Crippen molar-refractivity contribution >= 4 is 21.5 Å². The molecule has 0 saturated heterocycles. The third-order valence-corrected chi connectivity index (χ3v) is 7.28. The van der Waals surface area contributed by atoms with Gasteiger partial charge >= 0.3 is 0 Å². The molecule has 0 spiro atoms. The van der Waals surface area contributed by atoms with Gasteiger partial charge in [-0.3, -0.25) is 0 Å². The molecule has 0 heterocycles. The number of aromatic hydroxyl groups is 4. The molecule has 6 rings (SSSR count). The average Bonchev–Trinajstić information content (AvgIpc) is 2.97. The molecule has 198 valence electrons. The summed E-state index contributed by atoms with van der Waals surface area (Å²) in [6, 6.07) is 28.5. The normalized spacial score (nSPS) is 11.2. The van der Waals surface area contributed by atoms with Gasteiger partial charge in [0.1, 0.15) is 34.5 Å². The first-order valence-corrected chi connectivity index (χ1v) is 12.7. The minimum atomic E-state index is -0.101. The van der Waals surface area contributed by atoms with Crippen LogP contribution in [0.15, 0.2) is 97.1 Å². The van der Waals surface area contributed by atoms with Crippen molar-refractivity contribution in [1.82, 2.24) is 0 Å². The van der Waals surface area contributed by atoms with Crippen LogP contribution in [0.3, 0.4) is 0 Å². The molecule has 0 amide bonds. The fourth-order valence-electron chi connectivity index (χ4n) is 5.32. The van der Waals surface area contributed by atoms with Crippen molar-refractivity contribution in [2.75, 3.05) is 14.2 Å². The Hall–Kier alpha value is -5.36. The highest BCUT2D eigenvalue weighted by atomic mass is 16.5. The van der Waals surface area contributed by atoms with Crippen LogP contribution in [0.2, 0.25) is 0 Å². The Morgan fingerprint density at radius 3 is 1.23 bits per heavy atom. The van der Waals surface area contributed by atoms with Crippen molar-refractivity contribution in [1.29, 1.82) is 0 Å². The van der Waals surface area contributed by atoms with E-state index in [0.717, 1.165) is 10.8 Å². The largest absolute Gasteiger partial charge is 0.507 e. The van der Waals surface area contributed by atoms with Gasteiger partial charge in [-0.05, 0) is 57.9 Å². The highest BCUT2D eigenvalue weighted by Crippen LogP contribution is 2.53. The van der Waals surface area contributed by atoms with Crippen LogP contribution >= 0.6 is 0 Å². The van der Waals surface area contributed by atoms with E-state index in [-0.39, 0.29) is 23.0 Å². The van der Waals surface area contributed by atoms with E-state index in [0.29, 0.717) is 55.7 Å². The van der Waals surface area contributed by atoms with Crippen LogP contribution in [-0.2, 0) is 0 Å². The number of rotatable bonds is 5. The molecule has 0 fully saturated rings. The summed E-state index contributed by atoms with van der Waals surface area (Å²) in [5.74, 6) is 0.657. The average molecular weight is 531 g/mol. The van der Waals surface area contributed by atoms with E-state index in [4.69, 9.17) is 9.47 Å². The topological polar surface area (TPSA) is 99.4 Å². The number of methoxy groups -OCH3 is 2. The summed E-state index contributed by atoms with van der Waals surface area (Å²) in [5.41, 5.74) is 2.44. The van der Waals surface area contributed by atoms with E-state index in [1.807, 2.05) is 60.7 Å². The Morgan fingerprint density at radius 2 is 0.850 bits per heavy atom. The lowest BCUT2D eigenvalue weighted by atomic mass is 9.86. The van der Waals surface area contributed by atoms with Crippen LogP contribution in [0, 0.1) is 0 Å².